The summed E-state index contributed by atoms with van der Waals surface area (Å²) in [5.41, 5.74) is 0.966. The van der Waals surface area contributed by atoms with Crippen LogP contribution in [0.5, 0.6) is 0 Å². The molecule has 0 spiro atoms. The molecule has 2 aromatic carbocycles. The van der Waals surface area contributed by atoms with Crippen molar-refractivity contribution in [2.24, 2.45) is 5.10 Å². The predicted molar refractivity (Wildman–Crippen MR) is 69.6 cm³/mol. The number of nitrogens with zero attached hydrogens (tertiary/aromatic N) is 2. The quantitative estimate of drug-likeness (QED) is 0.757. The molecule has 0 radical (unpaired) electrons. The van der Waals surface area contributed by atoms with Gasteiger partial charge in [0.25, 0.3) is 0 Å². The Morgan fingerprint density at radius 3 is 2.78 bits per heavy atom. The molecule has 0 unspecified atom stereocenters. The van der Waals surface area contributed by atoms with E-state index >= 15 is 0 Å². The van der Waals surface area contributed by atoms with Crippen molar-refractivity contribution in [2.45, 2.75) is 0 Å². The lowest BCUT2D eigenvalue weighted by atomic mass is 10.1. The minimum absolute atomic E-state index is 0.382. The molecule has 1 heterocycles. The predicted octanol–water partition coefficient (Wildman–Crippen LogP) is 2.63. The molecule has 0 aliphatic carbocycles. The van der Waals surface area contributed by atoms with Crippen molar-refractivity contribution in [1.82, 2.24) is 5.01 Å². The van der Waals surface area contributed by atoms with E-state index in [0.29, 0.717) is 13.2 Å². The number of hydrogen-bond acceptors (Lipinski definition) is 3. The van der Waals surface area contributed by atoms with Crippen LogP contribution in [0.2, 0.25) is 0 Å². The van der Waals surface area contributed by atoms with Crippen LogP contribution in [0.3, 0.4) is 0 Å². The second-order valence-corrected chi connectivity index (χ2v) is 4.09. The Hall–Kier alpha value is -2.36. The van der Waals surface area contributed by atoms with Crippen molar-refractivity contribution < 1.29 is 9.53 Å². The molecule has 3 rings (SSSR count). The molecule has 0 bridgehead atoms. The van der Waals surface area contributed by atoms with Crippen molar-refractivity contribution in [2.75, 3.05) is 13.2 Å². The summed E-state index contributed by atoms with van der Waals surface area (Å²) in [6, 6.07) is 14.2. The normalized spacial score (nSPS) is 15.6. The van der Waals surface area contributed by atoms with Gasteiger partial charge in [-0.15, -0.1) is 0 Å². The summed E-state index contributed by atoms with van der Waals surface area (Å²) in [6.07, 6.45) is 1.30. The maximum absolute atomic E-state index is 11.2. The highest BCUT2D eigenvalue weighted by molar-refractivity contribution is 5.90. The molecular weight excluding hydrogens is 228 g/mol. The zero-order valence-electron chi connectivity index (χ0n) is 9.74. The van der Waals surface area contributed by atoms with Crippen LogP contribution < -0.4 is 0 Å². The lowest BCUT2D eigenvalue weighted by Crippen LogP contribution is -2.17. The minimum atomic E-state index is -0.382. The largest absolute Gasteiger partial charge is 0.446 e. The Morgan fingerprint density at radius 1 is 1.17 bits per heavy atom. The van der Waals surface area contributed by atoms with Crippen LogP contribution in [0.25, 0.3) is 10.8 Å². The molecule has 0 N–H and O–H groups in total. The molecule has 1 fully saturated rings. The first-order valence-corrected chi connectivity index (χ1v) is 5.80. The molecule has 1 aliphatic rings. The number of rotatable bonds is 2. The fraction of sp³-hybridized carbons (Fsp3) is 0.143. The summed E-state index contributed by atoms with van der Waals surface area (Å²) in [5, 5.41) is 7.79. The van der Waals surface area contributed by atoms with E-state index in [4.69, 9.17) is 4.74 Å². The third-order valence-corrected chi connectivity index (χ3v) is 2.86. The standard InChI is InChI=1S/C14H12N2O2/c17-14-16(7-8-18-14)15-10-11-5-6-12-3-1-2-4-13(12)9-11/h1-6,9-10H,7-8H2/b15-10+. The average Bonchev–Trinajstić information content (AvgIpc) is 2.82. The van der Waals surface area contributed by atoms with Gasteiger partial charge < -0.3 is 4.74 Å². The number of carbonyl (C=O) groups excluding carboxylic acids is 1. The van der Waals surface area contributed by atoms with E-state index in [1.54, 1.807) is 6.21 Å². The zero-order valence-corrected chi connectivity index (χ0v) is 9.74. The molecule has 0 atom stereocenters. The number of hydrogen-bond donors (Lipinski definition) is 0. The molecule has 0 aromatic heterocycles. The number of ether oxygens (including phenoxy) is 1. The average molecular weight is 240 g/mol. The highest BCUT2D eigenvalue weighted by Crippen LogP contribution is 2.14. The molecule has 0 saturated carbocycles. The van der Waals surface area contributed by atoms with Crippen molar-refractivity contribution in [3.8, 4) is 0 Å². The van der Waals surface area contributed by atoms with Crippen molar-refractivity contribution in [3.63, 3.8) is 0 Å². The number of benzene rings is 2. The molecule has 1 saturated heterocycles. The van der Waals surface area contributed by atoms with Gasteiger partial charge in [0, 0.05) is 0 Å². The van der Waals surface area contributed by atoms with Crippen LogP contribution in [-0.4, -0.2) is 30.5 Å². The smallest absolute Gasteiger partial charge is 0.430 e. The summed E-state index contributed by atoms with van der Waals surface area (Å²) in [5.74, 6) is 0. The van der Waals surface area contributed by atoms with Gasteiger partial charge in [-0.1, -0.05) is 36.4 Å². The Labute approximate surface area is 104 Å². The van der Waals surface area contributed by atoms with Gasteiger partial charge in [0.1, 0.15) is 6.61 Å². The SMILES string of the molecule is O=C1OCCN1/N=C/c1ccc2ccccc2c1. The monoisotopic (exact) mass is 240 g/mol. The summed E-state index contributed by atoms with van der Waals surface area (Å²) in [6.45, 7) is 0.927. The van der Waals surface area contributed by atoms with Gasteiger partial charge in [-0.25, -0.2) is 4.79 Å². The second-order valence-electron chi connectivity index (χ2n) is 4.09. The molecule has 2 aromatic rings. The summed E-state index contributed by atoms with van der Waals surface area (Å²) in [4.78, 5) is 11.2. The van der Waals surface area contributed by atoms with Gasteiger partial charge in [-0.2, -0.15) is 10.1 Å². The topological polar surface area (TPSA) is 41.9 Å². The van der Waals surface area contributed by atoms with Gasteiger partial charge in [0.15, 0.2) is 0 Å². The van der Waals surface area contributed by atoms with Crippen molar-refractivity contribution in [1.29, 1.82) is 0 Å². The Balaban J connectivity index is 1.86. The molecule has 4 heteroatoms. The Kier molecular flexibility index (Phi) is 2.68. The van der Waals surface area contributed by atoms with Crippen LogP contribution >= 0.6 is 0 Å². The Morgan fingerprint density at radius 2 is 2.00 bits per heavy atom. The minimum Gasteiger partial charge on any atom is -0.446 e. The molecule has 90 valence electrons. The summed E-state index contributed by atoms with van der Waals surface area (Å²) in [7, 11) is 0. The van der Waals surface area contributed by atoms with E-state index in [1.165, 1.54) is 10.4 Å². The van der Waals surface area contributed by atoms with Crippen LogP contribution in [0.4, 0.5) is 4.79 Å². The van der Waals surface area contributed by atoms with Crippen molar-refractivity contribution in [3.05, 3.63) is 48.0 Å². The third-order valence-electron chi connectivity index (χ3n) is 2.86. The first-order valence-electron chi connectivity index (χ1n) is 5.80. The molecule has 18 heavy (non-hydrogen) atoms. The summed E-state index contributed by atoms with van der Waals surface area (Å²) < 4.78 is 4.80. The van der Waals surface area contributed by atoms with Crippen molar-refractivity contribution >= 4 is 23.1 Å². The van der Waals surface area contributed by atoms with Crippen LogP contribution in [-0.2, 0) is 4.74 Å². The first kappa shape index (κ1) is 10.8. The van der Waals surface area contributed by atoms with Crippen LogP contribution in [0.1, 0.15) is 5.56 Å². The third kappa shape index (κ3) is 2.05. The number of hydrazone groups is 1. The van der Waals surface area contributed by atoms with E-state index in [2.05, 4.69) is 17.2 Å². The van der Waals surface area contributed by atoms with Crippen LogP contribution in [0, 0.1) is 0 Å². The van der Waals surface area contributed by atoms with E-state index in [1.807, 2.05) is 30.3 Å². The first-order chi connectivity index (χ1) is 8.83. The fourth-order valence-corrected chi connectivity index (χ4v) is 1.91. The second kappa shape index (κ2) is 4.49. The maximum Gasteiger partial charge on any atom is 0.430 e. The number of amides is 1. The van der Waals surface area contributed by atoms with E-state index in [0.717, 1.165) is 10.9 Å². The Bertz CT molecular complexity index is 622. The van der Waals surface area contributed by atoms with Gasteiger partial charge in [-0.05, 0) is 22.4 Å². The van der Waals surface area contributed by atoms with Gasteiger partial charge in [0.2, 0.25) is 0 Å². The van der Waals surface area contributed by atoms with Gasteiger partial charge >= 0.3 is 6.09 Å². The highest BCUT2D eigenvalue weighted by atomic mass is 16.6. The number of fused-ring (bicyclic) bond motifs is 1. The lowest BCUT2D eigenvalue weighted by molar-refractivity contribution is 0.159. The fourth-order valence-electron chi connectivity index (χ4n) is 1.91. The maximum atomic E-state index is 11.2. The van der Waals surface area contributed by atoms with E-state index in [-0.39, 0.29) is 6.09 Å². The lowest BCUT2D eigenvalue weighted by Gasteiger charge is -2.04. The van der Waals surface area contributed by atoms with E-state index in [9.17, 15) is 4.79 Å². The van der Waals surface area contributed by atoms with Gasteiger partial charge in [-0.3, -0.25) is 0 Å². The molecular formula is C14H12N2O2. The van der Waals surface area contributed by atoms with E-state index < -0.39 is 0 Å². The van der Waals surface area contributed by atoms with Gasteiger partial charge in [0.05, 0.1) is 12.8 Å². The number of carbonyl (C=O) groups is 1. The molecule has 4 nitrogen and oxygen atoms in total. The highest BCUT2D eigenvalue weighted by Gasteiger charge is 2.20. The number of cyclic esters (lactones) is 1. The molecule has 1 aliphatic heterocycles. The summed E-state index contributed by atoms with van der Waals surface area (Å²) >= 11 is 0. The zero-order chi connectivity index (χ0) is 12.4. The van der Waals surface area contributed by atoms with Crippen LogP contribution in [0.15, 0.2) is 47.6 Å². The molecule has 1 amide bonds.